The van der Waals surface area contributed by atoms with Gasteiger partial charge in [-0.05, 0) is 56.5 Å². The zero-order chi connectivity index (χ0) is 20.0. The molecule has 28 heavy (non-hydrogen) atoms. The number of ether oxygens (including phenoxy) is 1. The van der Waals surface area contributed by atoms with Crippen LogP contribution in [0.3, 0.4) is 0 Å². The van der Waals surface area contributed by atoms with E-state index < -0.39 is 5.60 Å². The maximum absolute atomic E-state index is 12.9. The van der Waals surface area contributed by atoms with Crippen molar-refractivity contribution in [1.29, 1.82) is 0 Å². The van der Waals surface area contributed by atoms with Gasteiger partial charge in [0.15, 0.2) is 0 Å². The van der Waals surface area contributed by atoms with E-state index in [0.29, 0.717) is 18.7 Å². The van der Waals surface area contributed by atoms with E-state index in [9.17, 15) is 9.90 Å². The van der Waals surface area contributed by atoms with Crippen molar-refractivity contribution >= 4 is 5.91 Å². The van der Waals surface area contributed by atoms with Crippen LogP contribution in [0.1, 0.15) is 48.2 Å². The van der Waals surface area contributed by atoms with Crippen LogP contribution in [-0.2, 0) is 11.3 Å². The maximum atomic E-state index is 12.9. The monoisotopic (exact) mass is 378 g/mol. The summed E-state index contributed by atoms with van der Waals surface area (Å²) in [5.41, 5.74) is 1.29. The van der Waals surface area contributed by atoms with E-state index in [1.54, 1.807) is 38.4 Å². The molecule has 1 saturated heterocycles. The molecular weight excluding hydrogens is 352 g/mol. The van der Waals surface area contributed by atoms with Crippen LogP contribution < -0.4 is 0 Å². The van der Waals surface area contributed by atoms with Gasteiger partial charge >= 0.3 is 0 Å². The van der Waals surface area contributed by atoms with Crippen LogP contribution in [0.5, 0.6) is 0 Å². The van der Waals surface area contributed by atoms with E-state index in [-0.39, 0.29) is 12.0 Å². The third-order valence-corrected chi connectivity index (χ3v) is 4.50. The van der Waals surface area contributed by atoms with Gasteiger partial charge in [0.2, 0.25) is 0 Å². The lowest BCUT2D eigenvalue weighted by Crippen LogP contribution is -2.43. The smallest absolute Gasteiger partial charge is 0.253 e. The number of carbonyl (C=O) groups is 1. The van der Waals surface area contributed by atoms with Gasteiger partial charge in [0.05, 0.1) is 12.7 Å². The second-order valence-corrected chi connectivity index (χ2v) is 7.58. The van der Waals surface area contributed by atoms with Crippen molar-refractivity contribution in [2.24, 2.45) is 0 Å². The minimum Gasteiger partial charge on any atom is -0.378 e. The van der Waals surface area contributed by atoms with Gasteiger partial charge in [0.25, 0.3) is 5.91 Å². The fourth-order valence-corrected chi connectivity index (χ4v) is 3.09. The first-order valence-corrected chi connectivity index (χ1v) is 9.56. The molecule has 1 fully saturated rings. The highest BCUT2D eigenvalue weighted by Crippen LogP contribution is 2.18. The Bertz CT molecular complexity index is 863. The highest BCUT2D eigenvalue weighted by Gasteiger charge is 2.25. The second kappa shape index (κ2) is 9.01. The summed E-state index contributed by atoms with van der Waals surface area (Å²) in [6.07, 6.45) is 5.43. The molecule has 1 atom stereocenters. The summed E-state index contributed by atoms with van der Waals surface area (Å²) in [6.45, 7) is 5.08. The Morgan fingerprint density at radius 1 is 1.36 bits per heavy atom. The first-order valence-electron chi connectivity index (χ1n) is 9.56. The van der Waals surface area contributed by atoms with Gasteiger partial charge in [0.1, 0.15) is 5.60 Å². The third kappa shape index (κ3) is 5.91. The predicted molar refractivity (Wildman–Crippen MR) is 108 cm³/mol. The molecule has 1 N–H and O–H groups in total. The summed E-state index contributed by atoms with van der Waals surface area (Å²) in [5, 5.41) is 9.76. The summed E-state index contributed by atoms with van der Waals surface area (Å²) in [6, 6.07) is 11.1. The molecule has 1 aromatic heterocycles. The number of aliphatic hydroxyl groups is 1. The van der Waals surface area contributed by atoms with E-state index in [1.165, 1.54) is 0 Å². The van der Waals surface area contributed by atoms with Crippen molar-refractivity contribution in [2.45, 2.75) is 45.0 Å². The zero-order valence-electron chi connectivity index (χ0n) is 16.4. The minimum atomic E-state index is -1.06. The molecule has 5 nitrogen and oxygen atoms in total. The van der Waals surface area contributed by atoms with Crippen molar-refractivity contribution in [1.82, 2.24) is 9.88 Å². The number of amides is 1. The molecule has 1 amide bonds. The minimum absolute atomic E-state index is 0.0124. The van der Waals surface area contributed by atoms with Crippen molar-refractivity contribution in [3.63, 3.8) is 0 Å². The number of piperidine rings is 1. The largest absolute Gasteiger partial charge is 0.378 e. The quantitative estimate of drug-likeness (QED) is 0.831. The Labute approximate surface area is 166 Å². The van der Waals surface area contributed by atoms with E-state index in [2.05, 4.69) is 16.8 Å². The number of hydrogen-bond donors (Lipinski definition) is 1. The SMILES string of the molecule is CC(C)(O)C#Cc1cccc(C(=O)N2CCCC(OCc3cccnc3)C2)c1. The molecule has 0 aliphatic carbocycles. The zero-order valence-corrected chi connectivity index (χ0v) is 16.4. The summed E-state index contributed by atoms with van der Waals surface area (Å²) < 4.78 is 6.00. The lowest BCUT2D eigenvalue weighted by Gasteiger charge is -2.32. The van der Waals surface area contributed by atoms with Gasteiger partial charge in [-0.1, -0.05) is 24.0 Å². The molecule has 0 spiro atoms. The van der Waals surface area contributed by atoms with E-state index in [1.807, 2.05) is 29.2 Å². The Kier molecular flexibility index (Phi) is 6.45. The molecule has 2 heterocycles. The normalized spacial score (nSPS) is 17.0. The number of aromatic nitrogens is 1. The average molecular weight is 378 g/mol. The number of hydrogen-bond acceptors (Lipinski definition) is 4. The fourth-order valence-electron chi connectivity index (χ4n) is 3.09. The Hall–Kier alpha value is -2.68. The number of nitrogens with zero attached hydrogens (tertiary/aromatic N) is 2. The van der Waals surface area contributed by atoms with Crippen LogP contribution >= 0.6 is 0 Å². The number of benzene rings is 1. The molecule has 1 aliphatic rings. The van der Waals surface area contributed by atoms with Crippen molar-refractivity contribution in [3.05, 3.63) is 65.5 Å². The predicted octanol–water partition coefficient (Wildman–Crippen LogP) is 3.03. The lowest BCUT2D eigenvalue weighted by atomic mass is 10.0. The van der Waals surface area contributed by atoms with E-state index in [4.69, 9.17) is 4.74 Å². The second-order valence-electron chi connectivity index (χ2n) is 7.58. The standard InChI is InChI=1S/C23H26N2O3/c1-23(2,27)11-10-18-6-3-8-20(14-18)22(26)25-13-5-9-21(16-25)28-17-19-7-4-12-24-15-19/h3-4,6-8,12,14-15,21,27H,5,9,13,16-17H2,1-2H3. The topological polar surface area (TPSA) is 62.7 Å². The molecule has 0 bridgehead atoms. The van der Waals surface area contributed by atoms with Gasteiger partial charge < -0.3 is 14.7 Å². The lowest BCUT2D eigenvalue weighted by molar-refractivity contribution is -0.00681. The van der Waals surface area contributed by atoms with E-state index >= 15 is 0 Å². The van der Waals surface area contributed by atoms with Crippen LogP contribution in [0, 0.1) is 11.8 Å². The van der Waals surface area contributed by atoms with Crippen LogP contribution in [-0.4, -0.2) is 45.7 Å². The maximum Gasteiger partial charge on any atom is 0.253 e. The highest BCUT2D eigenvalue weighted by molar-refractivity contribution is 5.94. The molecule has 5 heteroatoms. The Morgan fingerprint density at radius 3 is 2.96 bits per heavy atom. The molecule has 1 unspecified atom stereocenters. The molecule has 1 aromatic carbocycles. The average Bonchev–Trinajstić information content (AvgIpc) is 2.71. The van der Waals surface area contributed by atoms with Gasteiger partial charge in [-0.3, -0.25) is 9.78 Å². The van der Waals surface area contributed by atoms with Crippen LogP contribution in [0.15, 0.2) is 48.8 Å². The molecule has 2 aromatic rings. The molecule has 3 rings (SSSR count). The first-order chi connectivity index (χ1) is 13.4. The fraction of sp³-hybridized carbons (Fsp3) is 0.391. The van der Waals surface area contributed by atoms with Crippen LogP contribution in [0.2, 0.25) is 0 Å². The van der Waals surface area contributed by atoms with Crippen molar-refractivity contribution in [2.75, 3.05) is 13.1 Å². The van der Waals surface area contributed by atoms with E-state index in [0.717, 1.165) is 30.5 Å². The van der Waals surface area contributed by atoms with Crippen LogP contribution in [0.25, 0.3) is 0 Å². The van der Waals surface area contributed by atoms with Gasteiger partial charge in [-0.15, -0.1) is 0 Å². The third-order valence-electron chi connectivity index (χ3n) is 4.50. The summed E-state index contributed by atoms with van der Waals surface area (Å²) in [7, 11) is 0. The van der Waals surface area contributed by atoms with Gasteiger partial charge in [-0.2, -0.15) is 0 Å². The number of rotatable bonds is 4. The number of pyridine rings is 1. The molecule has 0 radical (unpaired) electrons. The van der Waals surface area contributed by atoms with Crippen molar-refractivity contribution in [3.8, 4) is 11.8 Å². The molecular formula is C23H26N2O3. The summed E-state index contributed by atoms with van der Waals surface area (Å²) >= 11 is 0. The summed E-state index contributed by atoms with van der Waals surface area (Å²) in [4.78, 5) is 18.9. The molecule has 146 valence electrons. The Morgan fingerprint density at radius 2 is 2.21 bits per heavy atom. The van der Waals surface area contributed by atoms with Gasteiger partial charge in [0, 0.05) is 36.6 Å². The first kappa shape index (κ1) is 20.1. The highest BCUT2D eigenvalue weighted by atomic mass is 16.5. The van der Waals surface area contributed by atoms with Gasteiger partial charge in [-0.25, -0.2) is 0 Å². The molecule has 1 aliphatic heterocycles. The number of likely N-dealkylation sites (tertiary alicyclic amines) is 1. The Balaban J connectivity index is 1.62. The van der Waals surface area contributed by atoms with Crippen LogP contribution in [0.4, 0.5) is 0 Å². The number of carbonyl (C=O) groups excluding carboxylic acids is 1. The molecule has 0 saturated carbocycles. The van der Waals surface area contributed by atoms with Crippen molar-refractivity contribution < 1.29 is 14.6 Å². The summed E-state index contributed by atoms with van der Waals surface area (Å²) in [5.74, 6) is 5.70.